The average Bonchev–Trinajstić information content (AvgIpc) is 3.40. The molecule has 3 heterocycles. The number of imide groups is 1. The molecule has 0 radical (unpaired) electrons. The first-order valence-electron chi connectivity index (χ1n) is 9.38. The summed E-state index contributed by atoms with van der Waals surface area (Å²) in [4.78, 5) is 30.7. The van der Waals surface area contributed by atoms with E-state index in [0.29, 0.717) is 30.8 Å². The highest BCUT2D eigenvalue weighted by Gasteiger charge is 2.31. The number of hydrogen-bond acceptors (Lipinski definition) is 6. The molecule has 0 spiro atoms. The minimum Gasteiger partial charge on any atom is -0.441 e. The number of H-pyrrole nitrogens is 1. The molecule has 0 aliphatic carbocycles. The van der Waals surface area contributed by atoms with Crippen molar-refractivity contribution in [2.75, 3.05) is 0 Å². The molecular weight excluding hydrogens is 390 g/mol. The van der Waals surface area contributed by atoms with E-state index >= 15 is 0 Å². The van der Waals surface area contributed by atoms with Crippen LogP contribution < -0.4 is 5.32 Å². The third kappa shape index (κ3) is 4.44. The summed E-state index contributed by atoms with van der Waals surface area (Å²) in [7, 11) is 0. The minimum atomic E-state index is -0.688. The number of aliphatic hydroxyl groups is 1. The Labute approximate surface area is 171 Å². The maximum absolute atomic E-state index is 11.7. The van der Waals surface area contributed by atoms with Crippen LogP contribution in [0, 0.1) is 6.92 Å². The van der Waals surface area contributed by atoms with Gasteiger partial charge in [0.2, 0.25) is 11.8 Å². The topological polar surface area (TPSA) is 108 Å². The number of aryl methyl sites for hydroxylation is 2. The highest BCUT2D eigenvalue weighted by molar-refractivity contribution is 8.15. The second-order valence-corrected chi connectivity index (χ2v) is 8.14. The van der Waals surface area contributed by atoms with Crippen molar-refractivity contribution in [2.24, 2.45) is 0 Å². The van der Waals surface area contributed by atoms with Gasteiger partial charge in [-0.15, -0.1) is 0 Å². The van der Waals surface area contributed by atoms with Crippen molar-refractivity contribution in [3.05, 3.63) is 65.3 Å². The summed E-state index contributed by atoms with van der Waals surface area (Å²) in [5, 5.41) is 12.1. The number of thioether (sulfide) groups is 1. The van der Waals surface area contributed by atoms with Crippen LogP contribution >= 0.6 is 11.8 Å². The van der Waals surface area contributed by atoms with E-state index in [2.05, 4.69) is 15.3 Å². The molecule has 1 aliphatic rings. The molecule has 2 atom stereocenters. The lowest BCUT2D eigenvalue weighted by atomic mass is 10.1. The second-order valence-electron chi connectivity index (χ2n) is 6.97. The monoisotopic (exact) mass is 411 g/mol. The molecule has 1 saturated heterocycles. The molecule has 2 unspecified atom stereocenters. The molecule has 29 heavy (non-hydrogen) atoms. The summed E-state index contributed by atoms with van der Waals surface area (Å²) in [6.45, 7) is 1.87. The van der Waals surface area contributed by atoms with Gasteiger partial charge in [-0.2, -0.15) is 0 Å². The van der Waals surface area contributed by atoms with E-state index < -0.39 is 11.4 Å². The van der Waals surface area contributed by atoms with Gasteiger partial charge in [0.25, 0.3) is 5.24 Å². The maximum Gasteiger partial charge on any atom is 0.286 e. The predicted molar refractivity (Wildman–Crippen MR) is 109 cm³/mol. The summed E-state index contributed by atoms with van der Waals surface area (Å²) in [6.07, 6.45) is 0.788. The Kier molecular flexibility index (Phi) is 5.55. The highest BCUT2D eigenvalue weighted by Crippen LogP contribution is 2.26. The number of aromatic nitrogens is 2. The van der Waals surface area contributed by atoms with E-state index in [-0.39, 0.29) is 11.1 Å². The zero-order chi connectivity index (χ0) is 20.4. The number of oxazole rings is 1. The summed E-state index contributed by atoms with van der Waals surface area (Å²) >= 11 is 0.995. The van der Waals surface area contributed by atoms with Gasteiger partial charge >= 0.3 is 0 Å². The van der Waals surface area contributed by atoms with E-state index in [1.165, 1.54) is 0 Å². The van der Waals surface area contributed by atoms with Crippen LogP contribution in [0.25, 0.3) is 11.5 Å². The van der Waals surface area contributed by atoms with Crippen molar-refractivity contribution in [1.82, 2.24) is 15.3 Å². The Morgan fingerprint density at radius 2 is 2.00 bits per heavy atom. The van der Waals surface area contributed by atoms with Crippen LogP contribution in [0.1, 0.15) is 35.4 Å². The lowest BCUT2D eigenvalue weighted by Crippen LogP contribution is -2.25. The Morgan fingerprint density at radius 1 is 1.21 bits per heavy atom. The predicted octanol–water partition coefficient (Wildman–Crippen LogP) is 3.54. The molecule has 150 valence electrons. The smallest absolute Gasteiger partial charge is 0.286 e. The zero-order valence-corrected chi connectivity index (χ0v) is 16.7. The molecule has 0 bridgehead atoms. The van der Waals surface area contributed by atoms with Crippen molar-refractivity contribution in [3.63, 3.8) is 0 Å². The lowest BCUT2D eigenvalue weighted by Gasteiger charge is -2.08. The molecule has 0 saturated carbocycles. The number of hydrogen-bond donors (Lipinski definition) is 3. The molecule has 2 amide bonds. The van der Waals surface area contributed by atoms with Crippen molar-refractivity contribution in [2.45, 2.75) is 37.5 Å². The van der Waals surface area contributed by atoms with E-state index in [1.807, 2.05) is 49.4 Å². The van der Waals surface area contributed by atoms with Crippen LogP contribution in [-0.2, 0) is 17.6 Å². The van der Waals surface area contributed by atoms with Crippen molar-refractivity contribution in [1.29, 1.82) is 0 Å². The Balaban J connectivity index is 1.36. The quantitative estimate of drug-likeness (QED) is 0.549. The fourth-order valence-electron chi connectivity index (χ4n) is 3.29. The van der Waals surface area contributed by atoms with E-state index in [1.54, 1.807) is 0 Å². The van der Waals surface area contributed by atoms with E-state index in [9.17, 15) is 14.7 Å². The third-order valence-corrected chi connectivity index (χ3v) is 5.85. The van der Waals surface area contributed by atoms with Crippen molar-refractivity contribution >= 4 is 22.9 Å². The third-order valence-electron chi connectivity index (χ3n) is 4.87. The number of aliphatic hydroxyl groups excluding tert-OH is 1. The fourth-order valence-corrected chi connectivity index (χ4v) is 4.14. The summed E-state index contributed by atoms with van der Waals surface area (Å²) in [6, 6.07) is 13.3. The van der Waals surface area contributed by atoms with Crippen LogP contribution in [-0.4, -0.2) is 31.5 Å². The number of nitrogens with one attached hydrogen (secondary N) is 2. The molecule has 1 fully saturated rings. The number of carbonyl (C=O) groups is 2. The second kappa shape index (κ2) is 8.26. The number of carbonyl (C=O) groups excluding carboxylic acids is 2. The number of rotatable bonds is 7. The molecule has 3 N–H and O–H groups in total. The van der Waals surface area contributed by atoms with Gasteiger partial charge < -0.3 is 14.5 Å². The van der Waals surface area contributed by atoms with Crippen LogP contribution in [0.2, 0.25) is 0 Å². The number of benzene rings is 1. The lowest BCUT2D eigenvalue weighted by molar-refractivity contribution is -0.118. The molecule has 3 aromatic rings. The Hall–Kier alpha value is -2.84. The SMILES string of the molecule is Cc1oc(-c2ccccc2)nc1CCC(O)c1ccc(CC2SC(=O)NC2=O)[nH]1. The van der Waals surface area contributed by atoms with Crippen LogP contribution in [0.15, 0.2) is 46.9 Å². The first-order chi connectivity index (χ1) is 14.0. The molecular formula is C21H21N3O4S. The summed E-state index contributed by atoms with van der Waals surface area (Å²) in [5.74, 6) is 1.06. The summed E-state index contributed by atoms with van der Waals surface area (Å²) in [5.41, 5.74) is 3.24. The maximum atomic E-state index is 11.7. The van der Waals surface area contributed by atoms with Crippen LogP contribution in [0.3, 0.4) is 0 Å². The molecule has 1 aromatic carbocycles. The zero-order valence-electron chi connectivity index (χ0n) is 15.8. The van der Waals surface area contributed by atoms with E-state index in [4.69, 9.17) is 4.42 Å². The largest absolute Gasteiger partial charge is 0.441 e. The Bertz CT molecular complexity index is 1030. The molecule has 8 heteroatoms. The standard InChI is InChI=1S/C21H21N3O4S/c1-12-15(23-20(28-12)13-5-3-2-4-6-13)9-10-17(25)16-8-7-14(22-16)11-18-19(26)24-21(27)29-18/h2-8,17-18,22,25H,9-11H2,1H3,(H,24,26,27). The molecule has 2 aromatic heterocycles. The summed E-state index contributed by atoms with van der Waals surface area (Å²) < 4.78 is 5.77. The number of nitrogens with zero attached hydrogens (tertiary/aromatic N) is 1. The van der Waals surface area contributed by atoms with Gasteiger partial charge in [0.15, 0.2) is 0 Å². The van der Waals surface area contributed by atoms with Gasteiger partial charge in [-0.1, -0.05) is 30.0 Å². The van der Waals surface area contributed by atoms with Gasteiger partial charge in [0, 0.05) is 23.4 Å². The number of amides is 2. The van der Waals surface area contributed by atoms with Gasteiger partial charge in [0.05, 0.1) is 17.0 Å². The average molecular weight is 411 g/mol. The molecule has 4 rings (SSSR count). The highest BCUT2D eigenvalue weighted by atomic mass is 32.2. The first-order valence-corrected chi connectivity index (χ1v) is 10.3. The molecule has 1 aliphatic heterocycles. The normalized spacial score (nSPS) is 17.5. The van der Waals surface area contributed by atoms with Crippen LogP contribution in [0.4, 0.5) is 4.79 Å². The van der Waals surface area contributed by atoms with Crippen molar-refractivity contribution < 1.29 is 19.1 Å². The van der Waals surface area contributed by atoms with Gasteiger partial charge in [0.1, 0.15) is 5.76 Å². The van der Waals surface area contributed by atoms with E-state index in [0.717, 1.165) is 34.5 Å². The number of aromatic amines is 1. The van der Waals surface area contributed by atoms with Crippen molar-refractivity contribution in [3.8, 4) is 11.5 Å². The minimum absolute atomic E-state index is 0.271. The molecule has 7 nitrogen and oxygen atoms in total. The van der Waals surface area contributed by atoms with Crippen LogP contribution in [0.5, 0.6) is 0 Å². The van der Waals surface area contributed by atoms with Gasteiger partial charge in [-0.25, -0.2) is 4.98 Å². The first kappa shape index (κ1) is 19.5. The fraction of sp³-hybridized carbons (Fsp3) is 0.286. The van der Waals surface area contributed by atoms with Gasteiger partial charge in [-0.3, -0.25) is 14.9 Å². The van der Waals surface area contributed by atoms with Gasteiger partial charge in [-0.05, 0) is 44.0 Å². The Morgan fingerprint density at radius 3 is 2.72 bits per heavy atom.